The van der Waals surface area contributed by atoms with Crippen molar-refractivity contribution in [2.45, 2.75) is 69.7 Å². The van der Waals surface area contributed by atoms with Crippen LogP contribution in [0.25, 0.3) is 0 Å². The summed E-state index contributed by atoms with van der Waals surface area (Å²) in [6.07, 6.45) is -1.13. The van der Waals surface area contributed by atoms with Crippen LogP contribution in [-0.2, 0) is 4.74 Å². The molecule has 1 aromatic heterocycles. The van der Waals surface area contributed by atoms with Crippen LogP contribution < -0.4 is 4.74 Å². The first-order chi connectivity index (χ1) is 11.5. The molecule has 0 aliphatic carbocycles. The number of hydrogen-bond donors (Lipinski definition) is 0. The minimum atomic E-state index is -2.95. The fourth-order valence-electron chi connectivity index (χ4n) is 3.36. The van der Waals surface area contributed by atoms with Gasteiger partial charge in [0.05, 0.1) is 0 Å². The van der Waals surface area contributed by atoms with Crippen molar-refractivity contribution >= 4 is 28.7 Å². The SMILES string of the molecule is CC(C)(C)OC(=O)N1C2CC(Oc3ccc(I)nn3)CC1C(F)(F)C2. The van der Waals surface area contributed by atoms with Crippen molar-refractivity contribution in [1.82, 2.24) is 15.1 Å². The molecule has 0 radical (unpaired) electrons. The topological polar surface area (TPSA) is 64.5 Å². The number of carbonyl (C=O) groups is 1. The van der Waals surface area contributed by atoms with Gasteiger partial charge >= 0.3 is 6.09 Å². The molecular weight excluding hydrogens is 447 g/mol. The number of alkyl halides is 2. The Hall–Kier alpha value is -1.26. The monoisotopic (exact) mass is 467 g/mol. The lowest BCUT2D eigenvalue weighted by atomic mass is 9.99. The van der Waals surface area contributed by atoms with Gasteiger partial charge in [-0.2, -0.15) is 0 Å². The number of fused-ring (bicyclic) bond motifs is 2. The van der Waals surface area contributed by atoms with Crippen LogP contribution in [0.15, 0.2) is 12.1 Å². The number of rotatable bonds is 2. The van der Waals surface area contributed by atoms with Crippen molar-refractivity contribution in [3.8, 4) is 5.88 Å². The number of piperidine rings is 1. The van der Waals surface area contributed by atoms with Crippen LogP contribution in [0.3, 0.4) is 0 Å². The predicted octanol–water partition coefficient (Wildman–Crippen LogP) is 3.64. The summed E-state index contributed by atoms with van der Waals surface area (Å²) in [7, 11) is 0. The smallest absolute Gasteiger partial charge is 0.411 e. The molecule has 3 atom stereocenters. The fraction of sp³-hybridized carbons (Fsp3) is 0.688. The maximum atomic E-state index is 14.4. The molecule has 9 heteroatoms. The third kappa shape index (κ3) is 4.12. The number of carbonyl (C=O) groups excluding carboxylic acids is 1. The van der Waals surface area contributed by atoms with Crippen LogP contribution in [0, 0.1) is 3.70 Å². The van der Waals surface area contributed by atoms with Crippen molar-refractivity contribution in [2.24, 2.45) is 0 Å². The van der Waals surface area contributed by atoms with Crippen molar-refractivity contribution in [1.29, 1.82) is 0 Å². The standard InChI is InChI=1S/C16H20F2IN3O3/c1-15(2,3)25-14(23)22-9-6-10(7-11(22)16(17,18)8-9)24-13-5-4-12(19)20-21-13/h4-5,9-11H,6-8H2,1-3H3. The molecule has 6 nitrogen and oxygen atoms in total. The predicted molar refractivity (Wildman–Crippen MR) is 93.6 cm³/mol. The molecule has 2 aliphatic heterocycles. The highest BCUT2D eigenvalue weighted by Crippen LogP contribution is 2.46. The van der Waals surface area contributed by atoms with Gasteiger partial charge in [0.2, 0.25) is 5.88 Å². The first kappa shape index (κ1) is 18.5. The van der Waals surface area contributed by atoms with Crippen molar-refractivity contribution in [3.05, 3.63) is 15.8 Å². The second-order valence-corrected chi connectivity index (χ2v) is 8.53. The van der Waals surface area contributed by atoms with Gasteiger partial charge in [-0.1, -0.05) is 0 Å². The molecule has 0 aromatic carbocycles. The Kier molecular flexibility index (Phi) is 4.80. The van der Waals surface area contributed by atoms with Crippen molar-refractivity contribution in [3.63, 3.8) is 0 Å². The summed E-state index contributed by atoms with van der Waals surface area (Å²) in [5.41, 5.74) is -0.726. The molecule has 25 heavy (non-hydrogen) atoms. The quantitative estimate of drug-likeness (QED) is 0.622. The third-order valence-corrected chi connectivity index (χ3v) is 4.82. The summed E-state index contributed by atoms with van der Waals surface area (Å²) >= 11 is 2.02. The molecular formula is C16H20F2IN3O3. The first-order valence-electron chi connectivity index (χ1n) is 8.10. The van der Waals surface area contributed by atoms with Crippen molar-refractivity contribution in [2.75, 3.05) is 0 Å². The zero-order valence-corrected chi connectivity index (χ0v) is 16.4. The molecule has 3 rings (SSSR count). The number of aromatic nitrogens is 2. The molecule has 0 saturated carbocycles. The molecule has 2 saturated heterocycles. The highest BCUT2D eigenvalue weighted by molar-refractivity contribution is 14.1. The lowest BCUT2D eigenvalue weighted by Gasteiger charge is -2.39. The Morgan fingerprint density at radius 1 is 1.32 bits per heavy atom. The zero-order chi connectivity index (χ0) is 18.4. The van der Waals surface area contributed by atoms with E-state index in [9.17, 15) is 13.6 Å². The van der Waals surface area contributed by atoms with E-state index in [2.05, 4.69) is 10.2 Å². The second kappa shape index (κ2) is 6.48. The zero-order valence-electron chi connectivity index (χ0n) is 14.2. The largest absolute Gasteiger partial charge is 0.473 e. The van der Waals surface area contributed by atoms with Gasteiger partial charge in [0.15, 0.2) is 0 Å². The summed E-state index contributed by atoms with van der Waals surface area (Å²) in [6, 6.07) is 1.57. The van der Waals surface area contributed by atoms with Crippen LogP contribution in [0.5, 0.6) is 5.88 Å². The molecule has 3 unspecified atom stereocenters. The minimum Gasteiger partial charge on any atom is -0.473 e. The van der Waals surface area contributed by atoms with Gasteiger partial charge < -0.3 is 9.47 Å². The highest BCUT2D eigenvalue weighted by atomic mass is 127. The van der Waals surface area contributed by atoms with Crippen LogP contribution in [0.1, 0.15) is 40.0 Å². The van der Waals surface area contributed by atoms with E-state index in [4.69, 9.17) is 9.47 Å². The van der Waals surface area contributed by atoms with Gasteiger partial charge in [0, 0.05) is 31.4 Å². The number of amides is 1. The lowest BCUT2D eigenvalue weighted by Crippen LogP contribution is -2.53. The molecule has 1 aromatic rings. The van der Waals surface area contributed by atoms with E-state index >= 15 is 0 Å². The Bertz CT molecular complexity index is 651. The molecule has 0 N–H and O–H groups in total. The molecule has 1 amide bonds. The van der Waals surface area contributed by atoms with Crippen LogP contribution in [0.4, 0.5) is 13.6 Å². The summed E-state index contributed by atoms with van der Waals surface area (Å²) < 4.78 is 40.5. The molecule has 138 valence electrons. The Morgan fingerprint density at radius 3 is 2.60 bits per heavy atom. The van der Waals surface area contributed by atoms with Crippen molar-refractivity contribution < 1.29 is 23.0 Å². The average molecular weight is 467 g/mol. The fourth-order valence-corrected chi connectivity index (χ4v) is 3.65. The summed E-state index contributed by atoms with van der Waals surface area (Å²) in [4.78, 5) is 13.6. The number of hydrogen-bond acceptors (Lipinski definition) is 5. The third-order valence-electron chi connectivity index (χ3n) is 4.24. The molecule has 2 bridgehead atoms. The van der Waals surface area contributed by atoms with Crippen LogP contribution in [-0.4, -0.2) is 50.9 Å². The molecule has 2 aliphatic rings. The van der Waals surface area contributed by atoms with Crippen LogP contribution in [0.2, 0.25) is 0 Å². The van der Waals surface area contributed by atoms with E-state index in [0.717, 1.165) is 3.70 Å². The van der Waals surface area contributed by atoms with Crippen LogP contribution >= 0.6 is 22.6 Å². The van der Waals surface area contributed by atoms with E-state index in [1.165, 1.54) is 4.90 Å². The summed E-state index contributed by atoms with van der Waals surface area (Å²) in [5, 5.41) is 7.80. The first-order valence-corrected chi connectivity index (χ1v) is 9.18. The summed E-state index contributed by atoms with van der Waals surface area (Å²) in [5.74, 6) is -2.64. The maximum absolute atomic E-state index is 14.4. The van der Waals surface area contributed by atoms with E-state index < -0.39 is 35.8 Å². The lowest BCUT2D eigenvalue weighted by molar-refractivity contribution is -0.0609. The number of nitrogens with zero attached hydrogens (tertiary/aromatic N) is 3. The highest BCUT2D eigenvalue weighted by Gasteiger charge is 2.60. The average Bonchev–Trinajstić information content (AvgIpc) is 2.63. The Balaban J connectivity index is 1.73. The Labute approximate surface area is 158 Å². The number of halogens is 3. The van der Waals surface area contributed by atoms with Gasteiger partial charge in [0.25, 0.3) is 5.92 Å². The van der Waals surface area contributed by atoms with Gasteiger partial charge in [-0.25, -0.2) is 13.6 Å². The van der Waals surface area contributed by atoms with Gasteiger partial charge in [0.1, 0.15) is 21.4 Å². The second-order valence-electron chi connectivity index (χ2n) is 7.43. The van der Waals surface area contributed by atoms with E-state index in [1.54, 1.807) is 32.9 Å². The van der Waals surface area contributed by atoms with E-state index in [1.807, 2.05) is 22.6 Å². The minimum absolute atomic E-state index is 0.0381. The van der Waals surface area contributed by atoms with Gasteiger partial charge in [-0.15, -0.1) is 10.2 Å². The summed E-state index contributed by atoms with van der Waals surface area (Å²) in [6.45, 7) is 5.16. The Morgan fingerprint density at radius 2 is 2.04 bits per heavy atom. The van der Waals surface area contributed by atoms with E-state index in [0.29, 0.717) is 12.3 Å². The maximum Gasteiger partial charge on any atom is 0.411 e. The van der Waals surface area contributed by atoms with E-state index in [-0.39, 0.29) is 12.8 Å². The normalized spacial score (nSPS) is 27.9. The number of ether oxygens (including phenoxy) is 2. The molecule has 3 heterocycles. The molecule has 2 fully saturated rings. The molecule has 0 spiro atoms. The van der Waals surface area contributed by atoms with Gasteiger partial charge in [-0.05, 0) is 49.4 Å². The van der Waals surface area contributed by atoms with Gasteiger partial charge in [-0.3, -0.25) is 4.90 Å².